The molecule has 1 unspecified atom stereocenters. The molecule has 0 fully saturated rings. The van der Waals surface area contributed by atoms with Crippen LogP contribution in [0.25, 0.3) is 21.9 Å². The number of anilines is 1. The molecule has 4 rings (SSSR count). The predicted molar refractivity (Wildman–Crippen MR) is 173 cm³/mol. The molecule has 0 radical (unpaired) electrons. The van der Waals surface area contributed by atoms with E-state index in [0.717, 1.165) is 45.5 Å². The standard InChI is InChI=1S/C35H40N4O5/c1-23(2)44-31-16-15-27(28-8-4-5-9-29(28)31)25-11-13-26(14-12-25)30(21-35(42)43)39-34(41)22-38-33(40)10-6-7-18-36-32-20-24(3)17-19-37-32/h4-5,8-9,11-17,19-20,23,30H,6-7,10,18,21-22H2,1-3H3,(H,36,37)(H,38,40)(H,39,41)(H,42,43). The molecule has 1 aromatic heterocycles. The molecular weight excluding hydrogens is 556 g/mol. The van der Waals surface area contributed by atoms with Crippen molar-refractivity contribution in [2.75, 3.05) is 18.4 Å². The first-order valence-corrected chi connectivity index (χ1v) is 14.9. The van der Waals surface area contributed by atoms with E-state index >= 15 is 0 Å². The van der Waals surface area contributed by atoms with Crippen LogP contribution in [0.15, 0.2) is 79.0 Å². The highest BCUT2D eigenvalue weighted by Gasteiger charge is 2.19. The minimum absolute atomic E-state index is 0.0494. The SMILES string of the molecule is Cc1ccnc(NCCCCC(=O)NCC(=O)NC(CC(=O)O)c2ccc(-c3ccc(OC(C)C)c4ccccc34)cc2)c1. The quantitative estimate of drug-likeness (QED) is 0.123. The van der Waals surface area contributed by atoms with Crippen LogP contribution in [-0.4, -0.2) is 47.1 Å². The van der Waals surface area contributed by atoms with Crippen molar-refractivity contribution in [3.63, 3.8) is 0 Å². The van der Waals surface area contributed by atoms with Gasteiger partial charge in [0.2, 0.25) is 11.8 Å². The Kier molecular flexibility index (Phi) is 11.3. The van der Waals surface area contributed by atoms with Crippen LogP contribution < -0.4 is 20.7 Å². The van der Waals surface area contributed by atoms with Gasteiger partial charge in [0.1, 0.15) is 11.6 Å². The lowest BCUT2D eigenvalue weighted by atomic mass is 9.95. The molecule has 2 amide bonds. The molecule has 1 atom stereocenters. The van der Waals surface area contributed by atoms with Crippen molar-refractivity contribution in [1.29, 1.82) is 0 Å². The van der Waals surface area contributed by atoms with Gasteiger partial charge in [-0.05, 0) is 79.5 Å². The molecular formula is C35H40N4O5. The Balaban J connectivity index is 1.31. The molecule has 0 aliphatic rings. The molecule has 4 N–H and O–H groups in total. The molecule has 1 heterocycles. The lowest BCUT2D eigenvalue weighted by Gasteiger charge is -2.19. The third-order valence-corrected chi connectivity index (χ3v) is 7.08. The number of ether oxygens (including phenoxy) is 1. The van der Waals surface area contributed by atoms with Gasteiger partial charge in [-0.2, -0.15) is 0 Å². The minimum Gasteiger partial charge on any atom is -0.490 e. The average molecular weight is 597 g/mol. The first-order chi connectivity index (χ1) is 21.2. The number of carbonyl (C=O) groups excluding carboxylic acids is 2. The summed E-state index contributed by atoms with van der Waals surface area (Å²) in [6.45, 7) is 6.45. The zero-order valence-electron chi connectivity index (χ0n) is 25.4. The van der Waals surface area contributed by atoms with E-state index < -0.39 is 17.9 Å². The van der Waals surface area contributed by atoms with E-state index in [0.29, 0.717) is 18.5 Å². The Morgan fingerprint density at radius 3 is 2.36 bits per heavy atom. The van der Waals surface area contributed by atoms with E-state index in [-0.39, 0.29) is 31.4 Å². The van der Waals surface area contributed by atoms with Crippen LogP contribution in [-0.2, 0) is 14.4 Å². The summed E-state index contributed by atoms with van der Waals surface area (Å²) in [4.78, 5) is 40.8. The summed E-state index contributed by atoms with van der Waals surface area (Å²) in [6, 6.07) is 22.7. The minimum atomic E-state index is -1.04. The number of aliphatic carboxylic acids is 1. The first-order valence-electron chi connectivity index (χ1n) is 14.9. The zero-order chi connectivity index (χ0) is 31.5. The van der Waals surface area contributed by atoms with E-state index in [1.165, 1.54) is 0 Å². The number of hydrogen-bond donors (Lipinski definition) is 4. The van der Waals surface area contributed by atoms with Crippen molar-refractivity contribution in [2.45, 2.75) is 58.6 Å². The normalized spacial score (nSPS) is 11.6. The van der Waals surface area contributed by atoms with Crippen molar-refractivity contribution in [1.82, 2.24) is 15.6 Å². The molecule has 0 saturated heterocycles. The van der Waals surface area contributed by atoms with Crippen molar-refractivity contribution >= 4 is 34.4 Å². The number of nitrogens with one attached hydrogen (secondary N) is 3. The van der Waals surface area contributed by atoms with Gasteiger partial charge in [-0.1, -0.05) is 54.6 Å². The molecule has 44 heavy (non-hydrogen) atoms. The Labute approximate surface area is 258 Å². The van der Waals surface area contributed by atoms with Crippen molar-refractivity contribution < 1.29 is 24.2 Å². The molecule has 3 aromatic carbocycles. The summed E-state index contributed by atoms with van der Waals surface area (Å²) in [7, 11) is 0. The maximum absolute atomic E-state index is 12.7. The van der Waals surface area contributed by atoms with Crippen LogP contribution in [0.2, 0.25) is 0 Å². The van der Waals surface area contributed by atoms with Crippen LogP contribution in [0.5, 0.6) is 5.75 Å². The number of amides is 2. The van der Waals surface area contributed by atoms with Gasteiger partial charge >= 0.3 is 5.97 Å². The fourth-order valence-electron chi connectivity index (χ4n) is 4.97. The number of carboxylic acid groups (broad SMARTS) is 1. The molecule has 9 heteroatoms. The number of benzene rings is 3. The number of hydrogen-bond acceptors (Lipinski definition) is 6. The van der Waals surface area contributed by atoms with Crippen LogP contribution in [0.3, 0.4) is 0 Å². The van der Waals surface area contributed by atoms with Gasteiger partial charge in [-0.15, -0.1) is 0 Å². The van der Waals surface area contributed by atoms with E-state index in [1.807, 2.05) is 93.6 Å². The summed E-state index contributed by atoms with van der Waals surface area (Å²) in [5.74, 6) is -0.0989. The van der Waals surface area contributed by atoms with Gasteiger partial charge < -0.3 is 25.8 Å². The molecule has 9 nitrogen and oxygen atoms in total. The highest BCUT2D eigenvalue weighted by molar-refractivity contribution is 6.00. The maximum Gasteiger partial charge on any atom is 0.305 e. The zero-order valence-corrected chi connectivity index (χ0v) is 25.4. The second-order valence-electron chi connectivity index (χ2n) is 11.0. The highest BCUT2D eigenvalue weighted by atomic mass is 16.5. The first kappa shape index (κ1) is 32.0. The fourth-order valence-corrected chi connectivity index (χ4v) is 4.97. The lowest BCUT2D eigenvalue weighted by molar-refractivity contribution is -0.138. The maximum atomic E-state index is 12.7. The molecule has 0 aliphatic heterocycles. The van der Waals surface area contributed by atoms with Crippen molar-refractivity contribution in [3.05, 3.63) is 90.1 Å². The molecule has 0 saturated carbocycles. The Morgan fingerprint density at radius 2 is 1.66 bits per heavy atom. The third-order valence-electron chi connectivity index (χ3n) is 7.08. The molecule has 0 bridgehead atoms. The molecule has 0 aliphatic carbocycles. The number of aryl methyl sites for hydroxylation is 1. The van der Waals surface area contributed by atoms with Crippen LogP contribution in [0, 0.1) is 6.92 Å². The van der Waals surface area contributed by atoms with Gasteiger partial charge in [0, 0.05) is 24.5 Å². The topological polar surface area (TPSA) is 130 Å². The number of fused-ring (bicyclic) bond motifs is 1. The summed E-state index contributed by atoms with van der Waals surface area (Å²) < 4.78 is 6.00. The summed E-state index contributed by atoms with van der Waals surface area (Å²) in [5.41, 5.74) is 3.76. The van der Waals surface area contributed by atoms with Gasteiger partial charge in [0.15, 0.2) is 0 Å². The fraction of sp³-hybridized carbons (Fsp3) is 0.314. The Bertz CT molecular complexity index is 1590. The molecule has 4 aromatic rings. The largest absolute Gasteiger partial charge is 0.490 e. The van der Waals surface area contributed by atoms with Crippen LogP contribution in [0.4, 0.5) is 5.82 Å². The third kappa shape index (κ3) is 9.29. The Morgan fingerprint density at radius 1 is 0.909 bits per heavy atom. The van der Waals surface area contributed by atoms with Crippen molar-refractivity contribution in [3.8, 4) is 16.9 Å². The monoisotopic (exact) mass is 596 g/mol. The van der Waals surface area contributed by atoms with Gasteiger partial charge in [0.05, 0.1) is 25.1 Å². The van der Waals surface area contributed by atoms with Crippen LogP contribution >= 0.6 is 0 Å². The van der Waals surface area contributed by atoms with Gasteiger partial charge in [-0.3, -0.25) is 14.4 Å². The van der Waals surface area contributed by atoms with Crippen LogP contribution in [0.1, 0.15) is 56.7 Å². The number of aromatic nitrogens is 1. The molecule has 0 spiro atoms. The van der Waals surface area contributed by atoms with E-state index in [2.05, 4.69) is 20.9 Å². The number of unbranched alkanes of at least 4 members (excludes halogenated alkanes) is 1. The predicted octanol–water partition coefficient (Wildman–Crippen LogP) is 6.03. The number of pyridine rings is 1. The van der Waals surface area contributed by atoms with Gasteiger partial charge in [0.25, 0.3) is 0 Å². The smallest absolute Gasteiger partial charge is 0.305 e. The van der Waals surface area contributed by atoms with E-state index in [4.69, 9.17) is 4.74 Å². The number of rotatable bonds is 15. The summed E-state index contributed by atoms with van der Waals surface area (Å²) >= 11 is 0. The summed E-state index contributed by atoms with van der Waals surface area (Å²) in [5, 5.41) is 20.2. The van der Waals surface area contributed by atoms with E-state index in [1.54, 1.807) is 6.20 Å². The molecule has 230 valence electrons. The van der Waals surface area contributed by atoms with Gasteiger partial charge in [-0.25, -0.2) is 4.98 Å². The average Bonchev–Trinajstić information content (AvgIpc) is 2.99. The lowest BCUT2D eigenvalue weighted by Crippen LogP contribution is -2.39. The number of nitrogens with zero attached hydrogens (tertiary/aromatic N) is 1. The van der Waals surface area contributed by atoms with Crippen molar-refractivity contribution in [2.24, 2.45) is 0 Å². The Hall–Kier alpha value is -4.92. The number of carboxylic acids is 1. The number of carbonyl (C=O) groups is 3. The van der Waals surface area contributed by atoms with E-state index in [9.17, 15) is 19.5 Å². The summed E-state index contributed by atoms with van der Waals surface area (Å²) in [6.07, 6.45) is 3.23. The second kappa shape index (κ2) is 15.5. The second-order valence-corrected chi connectivity index (χ2v) is 11.0. The highest BCUT2D eigenvalue weighted by Crippen LogP contribution is 2.35.